The van der Waals surface area contributed by atoms with Crippen molar-refractivity contribution in [3.63, 3.8) is 0 Å². The van der Waals surface area contributed by atoms with Crippen LogP contribution in [0.25, 0.3) is 0 Å². The molecule has 2 aromatic rings. The molecule has 1 aromatic heterocycles. The van der Waals surface area contributed by atoms with Crippen LogP contribution in [0.2, 0.25) is 0 Å². The van der Waals surface area contributed by atoms with Gasteiger partial charge in [0.1, 0.15) is 5.82 Å². The molecule has 1 fully saturated rings. The van der Waals surface area contributed by atoms with E-state index in [1.165, 1.54) is 4.68 Å². The molecule has 3 rings (SSSR count). The zero-order valence-electron chi connectivity index (χ0n) is 14.4. The van der Waals surface area contributed by atoms with Crippen molar-refractivity contribution < 1.29 is 16.8 Å². The van der Waals surface area contributed by atoms with Gasteiger partial charge < -0.3 is 0 Å². The van der Waals surface area contributed by atoms with Crippen LogP contribution in [-0.4, -0.2) is 38.1 Å². The summed E-state index contributed by atoms with van der Waals surface area (Å²) >= 11 is 0. The van der Waals surface area contributed by atoms with Gasteiger partial charge in [0.15, 0.2) is 9.84 Å². The van der Waals surface area contributed by atoms with Crippen molar-refractivity contribution in [3.8, 4) is 0 Å². The Balaban J connectivity index is 1.94. The molecule has 1 atom stereocenters. The van der Waals surface area contributed by atoms with E-state index in [1.807, 2.05) is 13.8 Å². The molecule has 1 aliphatic rings. The van der Waals surface area contributed by atoms with Crippen molar-refractivity contribution >= 4 is 25.7 Å². The number of anilines is 1. The Morgan fingerprint density at radius 2 is 1.88 bits per heavy atom. The van der Waals surface area contributed by atoms with E-state index in [1.54, 1.807) is 31.2 Å². The third-order valence-corrected chi connectivity index (χ3v) is 7.54. The predicted octanol–water partition coefficient (Wildman–Crippen LogP) is 1.97. The number of nitrogens with one attached hydrogen (secondary N) is 1. The number of aryl methyl sites for hydroxylation is 3. The van der Waals surface area contributed by atoms with E-state index in [-0.39, 0.29) is 28.3 Å². The van der Waals surface area contributed by atoms with Gasteiger partial charge in [0.25, 0.3) is 10.0 Å². The van der Waals surface area contributed by atoms with E-state index in [4.69, 9.17) is 0 Å². The first-order valence-electron chi connectivity index (χ1n) is 7.94. The van der Waals surface area contributed by atoms with Gasteiger partial charge in [-0.2, -0.15) is 5.10 Å². The van der Waals surface area contributed by atoms with Crippen LogP contribution in [0.3, 0.4) is 0 Å². The van der Waals surface area contributed by atoms with Crippen molar-refractivity contribution in [2.75, 3.05) is 16.2 Å². The predicted molar refractivity (Wildman–Crippen MR) is 96.0 cm³/mol. The topological polar surface area (TPSA) is 98.1 Å². The molecule has 25 heavy (non-hydrogen) atoms. The molecule has 1 aliphatic heterocycles. The molecule has 0 amide bonds. The van der Waals surface area contributed by atoms with Gasteiger partial charge in [-0.25, -0.2) is 21.5 Å². The first kappa shape index (κ1) is 17.9. The first-order chi connectivity index (χ1) is 11.6. The number of benzene rings is 1. The SMILES string of the molecule is Cc1cc(NS(=O)(=O)c2ccc(C)c(C)c2)n(C2CCS(=O)(=O)C2)n1. The summed E-state index contributed by atoms with van der Waals surface area (Å²) in [6, 6.07) is 6.19. The fourth-order valence-corrected chi connectivity index (χ4v) is 5.73. The number of rotatable bonds is 4. The summed E-state index contributed by atoms with van der Waals surface area (Å²) in [4.78, 5) is 0.167. The molecule has 1 saturated heterocycles. The Labute approximate surface area is 148 Å². The van der Waals surface area contributed by atoms with Gasteiger partial charge in [-0.05, 0) is 50.5 Å². The minimum Gasteiger partial charge on any atom is -0.264 e. The molecule has 1 aromatic carbocycles. The second kappa shape index (κ2) is 6.14. The minimum atomic E-state index is -3.78. The van der Waals surface area contributed by atoms with E-state index < -0.39 is 19.9 Å². The fraction of sp³-hybridized carbons (Fsp3) is 0.438. The summed E-state index contributed by atoms with van der Waals surface area (Å²) in [5.74, 6) is 0.365. The first-order valence-corrected chi connectivity index (χ1v) is 11.2. The summed E-state index contributed by atoms with van der Waals surface area (Å²) < 4.78 is 52.9. The van der Waals surface area contributed by atoms with Gasteiger partial charge in [-0.15, -0.1) is 0 Å². The number of hydrogen-bond donors (Lipinski definition) is 1. The van der Waals surface area contributed by atoms with E-state index >= 15 is 0 Å². The quantitative estimate of drug-likeness (QED) is 0.870. The normalized spacial score (nSPS) is 19.9. The highest BCUT2D eigenvalue weighted by Crippen LogP contribution is 2.28. The molecule has 2 heterocycles. The van der Waals surface area contributed by atoms with Gasteiger partial charge in [-0.3, -0.25) is 4.72 Å². The van der Waals surface area contributed by atoms with Crippen LogP contribution in [0.4, 0.5) is 5.82 Å². The van der Waals surface area contributed by atoms with Gasteiger partial charge in [0.05, 0.1) is 28.1 Å². The van der Waals surface area contributed by atoms with E-state index in [0.717, 1.165) is 11.1 Å². The van der Waals surface area contributed by atoms with Crippen LogP contribution in [-0.2, 0) is 19.9 Å². The molecule has 0 saturated carbocycles. The Kier molecular flexibility index (Phi) is 4.40. The largest absolute Gasteiger partial charge is 0.264 e. The molecular formula is C16H21N3O4S2. The zero-order chi connectivity index (χ0) is 18.4. The fourth-order valence-electron chi connectivity index (χ4n) is 2.92. The Morgan fingerprint density at radius 1 is 1.16 bits per heavy atom. The standard InChI is InChI=1S/C16H21N3O4S2/c1-11-4-5-15(8-12(11)2)25(22,23)18-16-9-13(3)17-19(16)14-6-7-24(20,21)10-14/h4-5,8-9,14,18H,6-7,10H2,1-3H3. The highest BCUT2D eigenvalue weighted by Gasteiger charge is 2.32. The summed E-state index contributed by atoms with van der Waals surface area (Å²) in [6.07, 6.45) is 0.432. The van der Waals surface area contributed by atoms with Gasteiger partial charge in [0, 0.05) is 6.07 Å². The van der Waals surface area contributed by atoms with Crippen molar-refractivity contribution in [2.45, 2.75) is 38.1 Å². The lowest BCUT2D eigenvalue weighted by Crippen LogP contribution is -2.20. The summed E-state index contributed by atoms with van der Waals surface area (Å²) in [7, 11) is -6.88. The lowest BCUT2D eigenvalue weighted by molar-refractivity contribution is 0.503. The van der Waals surface area contributed by atoms with Crippen LogP contribution >= 0.6 is 0 Å². The second-order valence-electron chi connectivity index (χ2n) is 6.52. The van der Waals surface area contributed by atoms with Gasteiger partial charge in [0.2, 0.25) is 0 Å². The van der Waals surface area contributed by atoms with E-state index in [0.29, 0.717) is 12.1 Å². The molecule has 0 spiro atoms. The van der Waals surface area contributed by atoms with Crippen molar-refractivity contribution in [2.24, 2.45) is 0 Å². The van der Waals surface area contributed by atoms with Gasteiger partial charge >= 0.3 is 0 Å². The monoisotopic (exact) mass is 383 g/mol. The highest BCUT2D eigenvalue weighted by atomic mass is 32.2. The molecule has 136 valence electrons. The Hall–Kier alpha value is -1.87. The van der Waals surface area contributed by atoms with E-state index in [9.17, 15) is 16.8 Å². The zero-order valence-corrected chi connectivity index (χ0v) is 16.0. The molecule has 0 radical (unpaired) electrons. The van der Waals surface area contributed by atoms with E-state index in [2.05, 4.69) is 9.82 Å². The molecular weight excluding hydrogens is 362 g/mol. The number of sulfonamides is 1. The average molecular weight is 383 g/mol. The molecule has 7 nitrogen and oxygen atoms in total. The average Bonchev–Trinajstić information content (AvgIpc) is 3.03. The van der Waals surface area contributed by atoms with Crippen molar-refractivity contribution in [1.82, 2.24) is 9.78 Å². The maximum absolute atomic E-state index is 12.7. The van der Waals surface area contributed by atoms with Crippen LogP contribution in [0.1, 0.15) is 29.3 Å². The molecule has 1 N–H and O–H groups in total. The second-order valence-corrected chi connectivity index (χ2v) is 10.4. The highest BCUT2D eigenvalue weighted by molar-refractivity contribution is 7.92. The Morgan fingerprint density at radius 3 is 2.48 bits per heavy atom. The third-order valence-electron chi connectivity index (χ3n) is 4.44. The van der Waals surface area contributed by atoms with Crippen molar-refractivity contribution in [1.29, 1.82) is 0 Å². The maximum atomic E-state index is 12.7. The number of hydrogen-bond acceptors (Lipinski definition) is 5. The minimum absolute atomic E-state index is 0.0213. The molecule has 0 aliphatic carbocycles. The molecule has 9 heteroatoms. The summed E-state index contributed by atoms with van der Waals surface area (Å²) in [6.45, 7) is 5.51. The van der Waals surface area contributed by atoms with Crippen LogP contribution in [0.15, 0.2) is 29.2 Å². The number of nitrogens with zero attached hydrogens (tertiary/aromatic N) is 2. The van der Waals surface area contributed by atoms with Crippen LogP contribution in [0.5, 0.6) is 0 Å². The summed E-state index contributed by atoms with van der Waals surface area (Å²) in [5.41, 5.74) is 2.52. The number of aromatic nitrogens is 2. The molecule has 1 unspecified atom stereocenters. The third kappa shape index (κ3) is 3.72. The smallest absolute Gasteiger partial charge is 0.263 e. The summed E-state index contributed by atoms with van der Waals surface area (Å²) in [5, 5.41) is 4.29. The number of sulfone groups is 1. The lowest BCUT2D eigenvalue weighted by atomic mass is 10.1. The lowest BCUT2D eigenvalue weighted by Gasteiger charge is -2.15. The van der Waals surface area contributed by atoms with Crippen LogP contribution < -0.4 is 4.72 Å². The van der Waals surface area contributed by atoms with Crippen molar-refractivity contribution in [3.05, 3.63) is 41.1 Å². The molecule has 0 bridgehead atoms. The Bertz CT molecular complexity index is 1020. The maximum Gasteiger partial charge on any atom is 0.263 e. The van der Waals surface area contributed by atoms with Gasteiger partial charge in [-0.1, -0.05) is 6.07 Å². The van der Waals surface area contributed by atoms with Crippen LogP contribution in [0, 0.1) is 20.8 Å².